The van der Waals surface area contributed by atoms with Crippen LogP contribution in [-0.4, -0.2) is 52.5 Å². The SMILES string of the molecule is COc1cc2c(cc1OCCCN1CCC(C)CC1)-c1cc3ccc(OC)c(OC)c3c[n+]1CC2. The Morgan fingerprint density at radius 3 is 2.49 bits per heavy atom. The van der Waals surface area contributed by atoms with Crippen LogP contribution >= 0.6 is 0 Å². The number of methoxy groups -OCH3 is 3. The summed E-state index contributed by atoms with van der Waals surface area (Å²) in [6, 6.07) is 10.6. The Morgan fingerprint density at radius 2 is 1.74 bits per heavy atom. The average molecular weight is 478 g/mol. The molecule has 3 heterocycles. The molecule has 2 aliphatic rings. The molecule has 5 rings (SSSR count). The zero-order valence-corrected chi connectivity index (χ0v) is 21.4. The maximum atomic E-state index is 6.28. The molecule has 0 amide bonds. The third kappa shape index (κ3) is 4.76. The fraction of sp³-hybridized carbons (Fsp3) is 0.483. The van der Waals surface area contributed by atoms with Gasteiger partial charge < -0.3 is 23.8 Å². The first kappa shape index (κ1) is 23.7. The second kappa shape index (κ2) is 10.3. The molecule has 186 valence electrons. The van der Waals surface area contributed by atoms with Crippen LogP contribution in [0.5, 0.6) is 23.0 Å². The minimum Gasteiger partial charge on any atom is -0.493 e. The molecule has 1 saturated heterocycles. The number of aromatic nitrogens is 1. The molecule has 0 spiro atoms. The number of ether oxygens (including phenoxy) is 4. The molecule has 1 aromatic heterocycles. The number of hydrogen-bond donors (Lipinski definition) is 0. The van der Waals surface area contributed by atoms with E-state index in [-0.39, 0.29) is 0 Å². The van der Waals surface area contributed by atoms with Gasteiger partial charge in [0.2, 0.25) is 5.69 Å². The van der Waals surface area contributed by atoms with Gasteiger partial charge in [0, 0.05) is 19.0 Å². The Balaban J connectivity index is 1.39. The van der Waals surface area contributed by atoms with Crippen molar-refractivity contribution in [2.75, 3.05) is 47.6 Å². The monoisotopic (exact) mass is 477 g/mol. The molecule has 35 heavy (non-hydrogen) atoms. The third-order valence-electron chi connectivity index (χ3n) is 7.54. The molecule has 0 bridgehead atoms. The maximum Gasteiger partial charge on any atom is 0.213 e. The van der Waals surface area contributed by atoms with Crippen LogP contribution in [0, 0.1) is 5.92 Å². The van der Waals surface area contributed by atoms with Crippen LogP contribution < -0.4 is 23.5 Å². The van der Waals surface area contributed by atoms with Gasteiger partial charge in [-0.1, -0.05) is 6.92 Å². The molecule has 3 aromatic rings. The van der Waals surface area contributed by atoms with Crippen molar-refractivity contribution >= 4 is 10.8 Å². The van der Waals surface area contributed by atoms with Crippen molar-refractivity contribution in [1.82, 2.24) is 4.90 Å². The van der Waals surface area contributed by atoms with Crippen LogP contribution in [-0.2, 0) is 13.0 Å². The van der Waals surface area contributed by atoms with Crippen LogP contribution in [0.4, 0.5) is 0 Å². The zero-order valence-electron chi connectivity index (χ0n) is 21.4. The number of fused-ring (bicyclic) bond motifs is 4. The topological polar surface area (TPSA) is 44.0 Å². The lowest BCUT2D eigenvalue weighted by molar-refractivity contribution is -0.686. The summed E-state index contributed by atoms with van der Waals surface area (Å²) in [5, 5.41) is 2.17. The normalized spacial score (nSPS) is 16.0. The van der Waals surface area contributed by atoms with Crippen LogP contribution in [0.3, 0.4) is 0 Å². The van der Waals surface area contributed by atoms with E-state index in [4.69, 9.17) is 18.9 Å². The molecule has 2 aromatic carbocycles. The summed E-state index contributed by atoms with van der Waals surface area (Å²) in [7, 11) is 5.09. The molecule has 6 nitrogen and oxygen atoms in total. The first-order valence-electron chi connectivity index (χ1n) is 12.8. The van der Waals surface area contributed by atoms with Gasteiger partial charge in [0.05, 0.1) is 38.9 Å². The van der Waals surface area contributed by atoms with Gasteiger partial charge in [0.1, 0.15) is 0 Å². The van der Waals surface area contributed by atoms with Crippen LogP contribution in [0.15, 0.2) is 36.5 Å². The molecular weight excluding hydrogens is 440 g/mol. The smallest absolute Gasteiger partial charge is 0.213 e. The van der Waals surface area contributed by atoms with Crippen molar-refractivity contribution in [3.8, 4) is 34.3 Å². The predicted octanol–water partition coefficient (Wildman–Crippen LogP) is 4.88. The molecule has 0 atom stereocenters. The molecular formula is C29H37N2O4+. The van der Waals surface area contributed by atoms with Crippen LogP contribution in [0.25, 0.3) is 22.0 Å². The van der Waals surface area contributed by atoms with Crippen molar-refractivity contribution in [3.63, 3.8) is 0 Å². The summed E-state index contributed by atoms with van der Waals surface area (Å²) in [6.07, 6.45) is 6.76. The Hall–Kier alpha value is -2.99. The van der Waals surface area contributed by atoms with Crippen LogP contribution in [0.1, 0.15) is 31.7 Å². The number of likely N-dealkylation sites (tertiary alicyclic amines) is 1. The minimum absolute atomic E-state index is 0.690. The largest absolute Gasteiger partial charge is 0.493 e. The molecule has 1 fully saturated rings. The van der Waals surface area contributed by atoms with E-state index in [0.29, 0.717) is 6.61 Å². The van der Waals surface area contributed by atoms with Gasteiger partial charge in [-0.2, -0.15) is 4.57 Å². The number of rotatable bonds is 8. The Bertz CT molecular complexity index is 1200. The van der Waals surface area contributed by atoms with Crippen molar-refractivity contribution < 1.29 is 23.5 Å². The van der Waals surface area contributed by atoms with Gasteiger partial charge in [-0.05, 0) is 73.5 Å². The van der Waals surface area contributed by atoms with Gasteiger partial charge in [-0.15, -0.1) is 0 Å². The fourth-order valence-corrected chi connectivity index (χ4v) is 5.41. The highest BCUT2D eigenvalue weighted by Crippen LogP contribution is 2.40. The highest BCUT2D eigenvalue weighted by atomic mass is 16.5. The molecule has 0 N–H and O–H groups in total. The molecule has 2 aliphatic heterocycles. The summed E-state index contributed by atoms with van der Waals surface area (Å²) < 4.78 is 25.5. The quantitative estimate of drug-likeness (QED) is 0.342. The number of benzene rings is 2. The lowest BCUT2D eigenvalue weighted by Gasteiger charge is -2.30. The van der Waals surface area contributed by atoms with Gasteiger partial charge in [0.25, 0.3) is 0 Å². The predicted molar refractivity (Wildman–Crippen MR) is 138 cm³/mol. The van der Waals surface area contributed by atoms with Crippen molar-refractivity contribution in [2.24, 2.45) is 5.92 Å². The van der Waals surface area contributed by atoms with Gasteiger partial charge in [-0.25, -0.2) is 0 Å². The standard InChI is InChI=1S/C29H37N2O4/c1-20-8-12-30(13-9-20)11-5-15-35-28-18-23-22(17-27(28)33-3)10-14-31-19-24-21(16-25(23)31)6-7-26(32-2)29(24)34-4/h6-7,16-20H,5,8-15H2,1-4H3/q+1. The number of hydrogen-bond acceptors (Lipinski definition) is 5. The molecule has 0 unspecified atom stereocenters. The van der Waals surface area contributed by atoms with Crippen LogP contribution in [0.2, 0.25) is 0 Å². The summed E-state index contributed by atoms with van der Waals surface area (Å²) in [5.41, 5.74) is 3.67. The number of pyridine rings is 1. The number of aryl methyl sites for hydroxylation is 2. The van der Waals surface area contributed by atoms with E-state index in [2.05, 4.69) is 46.9 Å². The fourth-order valence-electron chi connectivity index (χ4n) is 5.41. The first-order chi connectivity index (χ1) is 17.1. The van der Waals surface area contributed by atoms with Gasteiger partial charge in [0.15, 0.2) is 35.7 Å². The summed E-state index contributed by atoms with van der Waals surface area (Å²) in [6.45, 7) is 7.46. The second-order valence-electron chi connectivity index (χ2n) is 9.79. The maximum absolute atomic E-state index is 6.28. The average Bonchev–Trinajstić information content (AvgIpc) is 2.89. The summed E-state index contributed by atoms with van der Waals surface area (Å²) >= 11 is 0. The first-order valence-corrected chi connectivity index (χ1v) is 12.8. The second-order valence-corrected chi connectivity index (χ2v) is 9.79. The van der Waals surface area contributed by atoms with Gasteiger partial charge in [-0.3, -0.25) is 0 Å². The Morgan fingerprint density at radius 1 is 0.943 bits per heavy atom. The molecule has 6 heteroatoms. The summed E-state index contributed by atoms with van der Waals surface area (Å²) in [5.74, 6) is 4.02. The number of nitrogens with zero attached hydrogens (tertiary/aromatic N) is 2. The zero-order chi connectivity index (χ0) is 24.4. The lowest BCUT2D eigenvalue weighted by Crippen LogP contribution is -2.40. The van der Waals surface area contributed by atoms with E-state index in [1.165, 1.54) is 42.8 Å². The lowest BCUT2D eigenvalue weighted by atomic mass is 9.95. The molecule has 0 saturated carbocycles. The molecule has 0 aliphatic carbocycles. The van der Waals surface area contributed by atoms with E-state index in [1.807, 2.05) is 6.07 Å². The van der Waals surface area contributed by atoms with E-state index >= 15 is 0 Å². The van der Waals surface area contributed by atoms with Crippen molar-refractivity contribution in [2.45, 2.75) is 39.2 Å². The third-order valence-corrected chi connectivity index (χ3v) is 7.54. The Kier molecular flexibility index (Phi) is 7.00. The number of piperidine rings is 1. The molecule has 0 radical (unpaired) electrons. The van der Waals surface area contributed by atoms with Crippen molar-refractivity contribution in [3.05, 3.63) is 42.1 Å². The van der Waals surface area contributed by atoms with E-state index < -0.39 is 0 Å². The van der Waals surface area contributed by atoms with E-state index in [9.17, 15) is 0 Å². The highest BCUT2D eigenvalue weighted by molar-refractivity contribution is 5.91. The Labute approximate surface area is 208 Å². The highest BCUT2D eigenvalue weighted by Gasteiger charge is 2.27. The minimum atomic E-state index is 0.690. The summed E-state index contributed by atoms with van der Waals surface area (Å²) in [4.78, 5) is 2.56. The van der Waals surface area contributed by atoms with E-state index in [1.54, 1.807) is 21.3 Å². The van der Waals surface area contributed by atoms with Gasteiger partial charge >= 0.3 is 0 Å². The van der Waals surface area contributed by atoms with E-state index in [0.717, 1.165) is 65.6 Å². The van der Waals surface area contributed by atoms with Crippen molar-refractivity contribution in [1.29, 1.82) is 0 Å².